The molecule has 0 radical (unpaired) electrons. The Kier molecular flexibility index (Phi) is 2.69. The van der Waals surface area contributed by atoms with Crippen LogP contribution in [-0.4, -0.2) is 24.5 Å². The first-order valence-corrected chi connectivity index (χ1v) is 5.61. The van der Waals surface area contributed by atoms with E-state index in [1.54, 1.807) is 0 Å². The third kappa shape index (κ3) is 1.82. The molecular formula is C11H21N. The van der Waals surface area contributed by atoms with Crippen LogP contribution in [0.4, 0.5) is 0 Å². The molecule has 2 rings (SSSR count). The lowest BCUT2D eigenvalue weighted by Crippen LogP contribution is -2.39. The minimum Gasteiger partial charge on any atom is -0.303 e. The molecule has 70 valence electrons. The lowest BCUT2D eigenvalue weighted by atomic mass is 9.88. The van der Waals surface area contributed by atoms with Crippen LogP contribution in [0.25, 0.3) is 0 Å². The zero-order chi connectivity index (χ0) is 8.39. The Labute approximate surface area is 76.1 Å². The predicted molar refractivity (Wildman–Crippen MR) is 52.2 cm³/mol. The van der Waals surface area contributed by atoms with E-state index in [9.17, 15) is 0 Å². The Balaban J connectivity index is 1.96. The Morgan fingerprint density at radius 1 is 1.08 bits per heavy atom. The highest BCUT2D eigenvalue weighted by atomic mass is 15.1. The van der Waals surface area contributed by atoms with E-state index >= 15 is 0 Å². The lowest BCUT2D eigenvalue weighted by molar-refractivity contribution is 0.133. The average Bonchev–Trinajstić information content (AvgIpc) is 2.27. The largest absolute Gasteiger partial charge is 0.303 e. The van der Waals surface area contributed by atoms with Gasteiger partial charge in [0.1, 0.15) is 0 Å². The summed E-state index contributed by atoms with van der Waals surface area (Å²) < 4.78 is 0. The topological polar surface area (TPSA) is 3.24 Å². The first kappa shape index (κ1) is 8.55. The fraction of sp³-hybridized carbons (Fsp3) is 1.00. The molecule has 1 aliphatic heterocycles. The van der Waals surface area contributed by atoms with Crippen molar-refractivity contribution in [3.05, 3.63) is 0 Å². The smallest absolute Gasteiger partial charge is 0.000977 e. The highest BCUT2D eigenvalue weighted by Gasteiger charge is 2.27. The van der Waals surface area contributed by atoms with Crippen molar-refractivity contribution < 1.29 is 0 Å². The van der Waals surface area contributed by atoms with E-state index in [1.807, 2.05) is 0 Å². The van der Waals surface area contributed by atoms with Gasteiger partial charge in [0.25, 0.3) is 0 Å². The fourth-order valence-electron chi connectivity index (χ4n) is 2.97. The van der Waals surface area contributed by atoms with Crippen molar-refractivity contribution in [3.63, 3.8) is 0 Å². The van der Waals surface area contributed by atoms with Gasteiger partial charge in [0, 0.05) is 13.1 Å². The van der Waals surface area contributed by atoms with Crippen molar-refractivity contribution in [2.45, 2.75) is 39.0 Å². The number of hydrogen-bond acceptors (Lipinski definition) is 1. The van der Waals surface area contributed by atoms with Crippen LogP contribution in [-0.2, 0) is 0 Å². The van der Waals surface area contributed by atoms with Gasteiger partial charge in [-0.1, -0.05) is 19.8 Å². The maximum absolute atomic E-state index is 2.66. The van der Waals surface area contributed by atoms with Gasteiger partial charge in [0.2, 0.25) is 0 Å². The van der Waals surface area contributed by atoms with Crippen LogP contribution in [0.1, 0.15) is 39.0 Å². The molecule has 0 spiro atoms. The van der Waals surface area contributed by atoms with Gasteiger partial charge >= 0.3 is 0 Å². The number of nitrogens with zero attached hydrogens (tertiary/aromatic N) is 1. The summed E-state index contributed by atoms with van der Waals surface area (Å²) in [5.74, 6) is 2.09. The van der Waals surface area contributed by atoms with Crippen LogP contribution in [0.2, 0.25) is 0 Å². The second-order valence-electron chi connectivity index (χ2n) is 4.60. The predicted octanol–water partition coefficient (Wildman–Crippen LogP) is 2.52. The van der Waals surface area contributed by atoms with Gasteiger partial charge in [0.05, 0.1) is 0 Å². The molecule has 0 amide bonds. The minimum atomic E-state index is 1.05. The van der Waals surface area contributed by atoms with Gasteiger partial charge in [-0.2, -0.15) is 0 Å². The Morgan fingerprint density at radius 2 is 1.67 bits per heavy atom. The Bertz CT molecular complexity index is 130. The van der Waals surface area contributed by atoms with Crippen molar-refractivity contribution in [2.75, 3.05) is 19.6 Å². The van der Waals surface area contributed by atoms with Crippen molar-refractivity contribution in [1.82, 2.24) is 4.90 Å². The van der Waals surface area contributed by atoms with E-state index in [0.717, 1.165) is 11.8 Å². The highest BCUT2D eigenvalue weighted by Crippen LogP contribution is 2.32. The van der Waals surface area contributed by atoms with Crippen LogP contribution < -0.4 is 0 Å². The van der Waals surface area contributed by atoms with Crippen LogP contribution in [0, 0.1) is 11.8 Å². The Hall–Kier alpha value is -0.0400. The summed E-state index contributed by atoms with van der Waals surface area (Å²) in [6.45, 7) is 6.37. The van der Waals surface area contributed by atoms with Gasteiger partial charge < -0.3 is 4.90 Å². The van der Waals surface area contributed by atoms with Crippen LogP contribution in [0.5, 0.6) is 0 Å². The molecule has 2 aliphatic rings. The molecule has 2 bridgehead atoms. The second-order valence-corrected chi connectivity index (χ2v) is 4.60. The van der Waals surface area contributed by atoms with Crippen molar-refractivity contribution in [2.24, 2.45) is 11.8 Å². The van der Waals surface area contributed by atoms with Crippen LogP contribution in [0.15, 0.2) is 0 Å². The van der Waals surface area contributed by atoms with Crippen LogP contribution >= 0.6 is 0 Å². The minimum absolute atomic E-state index is 1.05. The Morgan fingerprint density at radius 3 is 2.17 bits per heavy atom. The summed E-state index contributed by atoms with van der Waals surface area (Å²) in [6.07, 6.45) is 7.55. The summed E-state index contributed by atoms with van der Waals surface area (Å²) in [5, 5.41) is 0. The number of rotatable bonds is 1. The zero-order valence-corrected chi connectivity index (χ0v) is 8.26. The summed E-state index contributed by atoms with van der Waals surface area (Å²) in [6, 6.07) is 0. The van der Waals surface area contributed by atoms with E-state index in [2.05, 4.69) is 11.8 Å². The standard InChI is InChI=1S/C11H21N/c1-2-12-8-10-5-3-4-6-11(7-10)9-12/h10-11H,2-9H2,1H3. The third-order valence-electron chi connectivity index (χ3n) is 3.62. The maximum Gasteiger partial charge on any atom is 0.000977 e. The molecule has 1 heteroatoms. The normalized spacial score (nSPS) is 37.8. The highest BCUT2D eigenvalue weighted by molar-refractivity contribution is 4.81. The third-order valence-corrected chi connectivity index (χ3v) is 3.62. The molecule has 1 nitrogen and oxygen atoms in total. The number of hydrogen-bond donors (Lipinski definition) is 0. The molecule has 2 unspecified atom stereocenters. The van der Waals surface area contributed by atoms with Gasteiger partial charge in [-0.05, 0) is 37.6 Å². The zero-order valence-electron chi connectivity index (χ0n) is 8.26. The van der Waals surface area contributed by atoms with Crippen molar-refractivity contribution >= 4 is 0 Å². The van der Waals surface area contributed by atoms with Crippen molar-refractivity contribution in [1.29, 1.82) is 0 Å². The molecule has 1 heterocycles. The molecule has 0 N–H and O–H groups in total. The average molecular weight is 167 g/mol. The van der Waals surface area contributed by atoms with Crippen LogP contribution in [0.3, 0.4) is 0 Å². The maximum atomic E-state index is 2.66. The van der Waals surface area contributed by atoms with Gasteiger partial charge in [0.15, 0.2) is 0 Å². The fourth-order valence-corrected chi connectivity index (χ4v) is 2.97. The number of piperidine rings is 1. The summed E-state index contributed by atoms with van der Waals surface area (Å²) in [7, 11) is 0. The number of likely N-dealkylation sites (tertiary alicyclic amines) is 1. The molecule has 1 saturated heterocycles. The monoisotopic (exact) mass is 167 g/mol. The van der Waals surface area contributed by atoms with E-state index in [-0.39, 0.29) is 0 Å². The lowest BCUT2D eigenvalue weighted by Gasteiger charge is -2.35. The molecule has 1 aliphatic carbocycles. The first-order valence-electron chi connectivity index (χ1n) is 5.61. The van der Waals surface area contributed by atoms with E-state index < -0.39 is 0 Å². The molecule has 0 aromatic carbocycles. The quantitative estimate of drug-likeness (QED) is 0.580. The van der Waals surface area contributed by atoms with E-state index in [1.165, 1.54) is 51.7 Å². The van der Waals surface area contributed by atoms with E-state index in [0.29, 0.717) is 0 Å². The molecule has 0 aromatic heterocycles. The molecule has 2 fully saturated rings. The molecule has 1 saturated carbocycles. The first-order chi connectivity index (χ1) is 5.88. The molecule has 12 heavy (non-hydrogen) atoms. The van der Waals surface area contributed by atoms with Gasteiger partial charge in [-0.15, -0.1) is 0 Å². The summed E-state index contributed by atoms with van der Waals surface area (Å²) in [5.41, 5.74) is 0. The summed E-state index contributed by atoms with van der Waals surface area (Å²) >= 11 is 0. The van der Waals surface area contributed by atoms with E-state index in [4.69, 9.17) is 0 Å². The van der Waals surface area contributed by atoms with Gasteiger partial charge in [-0.3, -0.25) is 0 Å². The molecule has 0 aromatic rings. The molecular weight excluding hydrogens is 146 g/mol. The SMILES string of the molecule is CCN1CC2CCCCC(C2)C1. The molecule has 2 atom stereocenters. The number of fused-ring (bicyclic) bond motifs is 2. The second kappa shape index (κ2) is 3.78. The van der Waals surface area contributed by atoms with Crippen molar-refractivity contribution in [3.8, 4) is 0 Å². The summed E-state index contributed by atoms with van der Waals surface area (Å²) in [4.78, 5) is 2.66. The van der Waals surface area contributed by atoms with Gasteiger partial charge in [-0.25, -0.2) is 0 Å².